The number of nitrogens with zero attached hydrogens (tertiary/aromatic N) is 1. The zero-order valence-corrected chi connectivity index (χ0v) is 12.3. The number of carboxylic acid groups (broad SMARTS) is 1. The van der Waals surface area contributed by atoms with Gasteiger partial charge in [0, 0.05) is 25.2 Å². The van der Waals surface area contributed by atoms with E-state index in [9.17, 15) is 9.59 Å². The molecule has 0 radical (unpaired) electrons. The summed E-state index contributed by atoms with van der Waals surface area (Å²) in [6, 6.07) is 5.67. The number of carbonyl (C=O) groups is 2. The van der Waals surface area contributed by atoms with Crippen LogP contribution in [0.2, 0.25) is 0 Å². The van der Waals surface area contributed by atoms with Crippen molar-refractivity contribution in [2.75, 3.05) is 18.0 Å². The second-order valence-corrected chi connectivity index (χ2v) is 5.75. The average Bonchev–Trinajstić information content (AvgIpc) is 2.45. The number of hydrogen-bond acceptors (Lipinski definition) is 3. The van der Waals surface area contributed by atoms with E-state index in [-0.39, 0.29) is 6.42 Å². The van der Waals surface area contributed by atoms with Crippen LogP contribution < -0.4 is 10.6 Å². The zero-order valence-electron chi connectivity index (χ0n) is 12.3. The number of carbonyl (C=O) groups excluding carboxylic acids is 1. The predicted octanol–water partition coefficient (Wildman–Crippen LogP) is 2.18. The molecule has 0 aromatic heterocycles. The Morgan fingerprint density at radius 1 is 1.33 bits per heavy atom. The van der Waals surface area contributed by atoms with Gasteiger partial charge in [-0.15, -0.1) is 0 Å². The third-order valence-corrected chi connectivity index (χ3v) is 4.14. The molecule has 1 aliphatic rings. The molecule has 1 aromatic carbocycles. The largest absolute Gasteiger partial charge is 0.481 e. The number of nitrogens with two attached hydrogens (primary N) is 1. The number of benzene rings is 1. The van der Waals surface area contributed by atoms with Gasteiger partial charge in [0.25, 0.3) is 5.91 Å². The Labute approximate surface area is 124 Å². The molecule has 1 amide bonds. The minimum absolute atomic E-state index is 0.238. The minimum Gasteiger partial charge on any atom is -0.481 e. The van der Waals surface area contributed by atoms with Gasteiger partial charge >= 0.3 is 5.97 Å². The van der Waals surface area contributed by atoms with Crippen molar-refractivity contribution in [3.8, 4) is 0 Å². The fourth-order valence-electron chi connectivity index (χ4n) is 2.90. The van der Waals surface area contributed by atoms with E-state index in [4.69, 9.17) is 10.8 Å². The van der Waals surface area contributed by atoms with E-state index in [2.05, 4.69) is 4.90 Å². The van der Waals surface area contributed by atoms with Crippen LogP contribution in [0.1, 0.15) is 41.6 Å². The van der Waals surface area contributed by atoms with Crippen molar-refractivity contribution >= 4 is 17.6 Å². The lowest BCUT2D eigenvalue weighted by molar-refractivity contribution is -0.137. The summed E-state index contributed by atoms with van der Waals surface area (Å²) in [5.74, 6) is -0.677. The first-order valence-corrected chi connectivity index (χ1v) is 7.34. The topological polar surface area (TPSA) is 83.6 Å². The van der Waals surface area contributed by atoms with Gasteiger partial charge in [-0.3, -0.25) is 9.59 Å². The summed E-state index contributed by atoms with van der Waals surface area (Å²) in [6.45, 7) is 3.68. The molecule has 0 spiro atoms. The molecule has 3 N–H and O–H groups in total. The minimum atomic E-state index is -0.730. The Morgan fingerprint density at radius 3 is 2.57 bits per heavy atom. The van der Waals surface area contributed by atoms with E-state index in [0.717, 1.165) is 43.6 Å². The SMILES string of the molecule is Cc1ccc(C(N)=O)c(N2CCC(CCC(=O)O)CC2)c1. The highest BCUT2D eigenvalue weighted by molar-refractivity contribution is 5.98. The highest BCUT2D eigenvalue weighted by Gasteiger charge is 2.22. The molecule has 1 saturated heterocycles. The summed E-state index contributed by atoms with van der Waals surface area (Å²) in [5, 5.41) is 8.74. The van der Waals surface area contributed by atoms with Gasteiger partial charge in [-0.05, 0) is 49.8 Å². The van der Waals surface area contributed by atoms with Crippen LogP contribution in [0.15, 0.2) is 18.2 Å². The number of hydrogen-bond donors (Lipinski definition) is 2. The van der Waals surface area contributed by atoms with Crippen molar-refractivity contribution < 1.29 is 14.7 Å². The van der Waals surface area contributed by atoms with Crippen LogP contribution in [0.4, 0.5) is 5.69 Å². The predicted molar refractivity (Wildman–Crippen MR) is 81.5 cm³/mol. The fourth-order valence-corrected chi connectivity index (χ4v) is 2.90. The number of aryl methyl sites for hydroxylation is 1. The number of primary amides is 1. The second-order valence-electron chi connectivity index (χ2n) is 5.75. The molecule has 0 saturated carbocycles. The van der Waals surface area contributed by atoms with Gasteiger partial charge < -0.3 is 15.7 Å². The molecule has 0 aliphatic carbocycles. The fraction of sp³-hybridized carbons (Fsp3) is 0.500. The molecule has 1 aliphatic heterocycles. The van der Waals surface area contributed by atoms with Crippen LogP contribution in [0.25, 0.3) is 0 Å². The Kier molecular flexibility index (Phi) is 4.83. The lowest BCUT2D eigenvalue weighted by Crippen LogP contribution is -2.35. The summed E-state index contributed by atoms with van der Waals surface area (Å²) >= 11 is 0. The van der Waals surface area contributed by atoms with Crippen molar-refractivity contribution in [3.63, 3.8) is 0 Å². The van der Waals surface area contributed by atoms with Gasteiger partial charge in [-0.2, -0.15) is 0 Å². The standard InChI is InChI=1S/C16H22N2O3/c1-11-2-4-13(16(17)21)14(10-11)18-8-6-12(7-9-18)3-5-15(19)20/h2,4,10,12H,3,5-9H2,1H3,(H2,17,21)(H,19,20). The molecule has 21 heavy (non-hydrogen) atoms. The molecule has 0 atom stereocenters. The van der Waals surface area contributed by atoms with E-state index in [1.807, 2.05) is 19.1 Å². The van der Waals surface area contributed by atoms with Crippen molar-refractivity contribution in [2.45, 2.75) is 32.6 Å². The lowest BCUT2D eigenvalue weighted by atomic mass is 9.91. The first kappa shape index (κ1) is 15.4. The molecule has 1 fully saturated rings. The number of piperidine rings is 1. The lowest BCUT2D eigenvalue weighted by Gasteiger charge is -2.34. The quantitative estimate of drug-likeness (QED) is 0.870. The van der Waals surface area contributed by atoms with E-state index in [0.29, 0.717) is 11.5 Å². The summed E-state index contributed by atoms with van der Waals surface area (Å²) < 4.78 is 0. The van der Waals surface area contributed by atoms with Crippen LogP contribution in [-0.4, -0.2) is 30.1 Å². The Balaban J connectivity index is 2.03. The van der Waals surface area contributed by atoms with Crippen LogP contribution >= 0.6 is 0 Å². The molecule has 2 rings (SSSR count). The van der Waals surface area contributed by atoms with Gasteiger partial charge in [0.15, 0.2) is 0 Å². The van der Waals surface area contributed by atoms with Gasteiger partial charge in [0.05, 0.1) is 5.56 Å². The van der Waals surface area contributed by atoms with Crippen LogP contribution in [0.5, 0.6) is 0 Å². The molecule has 114 valence electrons. The van der Waals surface area contributed by atoms with Crippen molar-refractivity contribution in [3.05, 3.63) is 29.3 Å². The second kappa shape index (κ2) is 6.61. The first-order valence-electron chi connectivity index (χ1n) is 7.34. The summed E-state index contributed by atoms with van der Waals surface area (Å²) in [6.07, 6.45) is 2.89. The number of aliphatic carboxylic acids is 1. The van der Waals surface area contributed by atoms with E-state index < -0.39 is 11.9 Å². The number of rotatable bonds is 5. The van der Waals surface area contributed by atoms with Crippen LogP contribution in [-0.2, 0) is 4.79 Å². The molecule has 5 heteroatoms. The maximum absolute atomic E-state index is 11.5. The maximum Gasteiger partial charge on any atom is 0.303 e. The Bertz CT molecular complexity index is 534. The summed E-state index contributed by atoms with van der Waals surface area (Å²) in [4.78, 5) is 24.4. The molecule has 0 bridgehead atoms. The molecule has 1 aromatic rings. The molecule has 0 unspecified atom stereocenters. The smallest absolute Gasteiger partial charge is 0.303 e. The van der Waals surface area contributed by atoms with Crippen LogP contribution in [0, 0.1) is 12.8 Å². The Hall–Kier alpha value is -2.04. The van der Waals surface area contributed by atoms with Crippen molar-refractivity contribution in [2.24, 2.45) is 11.7 Å². The van der Waals surface area contributed by atoms with Gasteiger partial charge in [-0.25, -0.2) is 0 Å². The molecular formula is C16H22N2O3. The van der Waals surface area contributed by atoms with Crippen LogP contribution in [0.3, 0.4) is 0 Å². The third-order valence-electron chi connectivity index (χ3n) is 4.14. The van der Waals surface area contributed by atoms with E-state index in [1.165, 1.54) is 0 Å². The highest BCUT2D eigenvalue weighted by atomic mass is 16.4. The van der Waals surface area contributed by atoms with Gasteiger partial charge in [-0.1, -0.05) is 6.07 Å². The van der Waals surface area contributed by atoms with E-state index in [1.54, 1.807) is 6.07 Å². The van der Waals surface area contributed by atoms with Crippen molar-refractivity contribution in [1.82, 2.24) is 0 Å². The average molecular weight is 290 g/mol. The number of amides is 1. The number of carboxylic acids is 1. The van der Waals surface area contributed by atoms with Gasteiger partial charge in [0.2, 0.25) is 0 Å². The molecule has 5 nitrogen and oxygen atoms in total. The highest BCUT2D eigenvalue weighted by Crippen LogP contribution is 2.29. The maximum atomic E-state index is 11.5. The van der Waals surface area contributed by atoms with E-state index >= 15 is 0 Å². The van der Waals surface area contributed by atoms with Gasteiger partial charge in [0.1, 0.15) is 0 Å². The molecular weight excluding hydrogens is 268 g/mol. The summed E-state index contributed by atoms with van der Waals surface area (Å²) in [5.41, 5.74) is 8.01. The first-order chi connectivity index (χ1) is 9.97. The normalized spacial score (nSPS) is 16.0. The monoisotopic (exact) mass is 290 g/mol. The third kappa shape index (κ3) is 3.97. The Morgan fingerprint density at radius 2 is 2.00 bits per heavy atom. The molecule has 1 heterocycles. The summed E-state index contributed by atoms with van der Waals surface area (Å²) in [7, 11) is 0. The number of anilines is 1. The van der Waals surface area contributed by atoms with Crippen molar-refractivity contribution in [1.29, 1.82) is 0 Å². The zero-order chi connectivity index (χ0) is 15.4.